The number of nitrogens with one attached hydrogen (secondary N) is 1. The summed E-state index contributed by atoms with van der Waals surface area (Å²) in [6.07, 6.45) is 2.66. The van der Waals surface area contributed by atoms with Crippen LogP contribution >= 0.6 is 0 Å². The standard InChI is InChI=1S/C29H31N5O2/c1-19-18-36-17-16-33(19)27-23-13-15-34(28(35)20-8-5-4-6-9-20)29(2,3)25(23)31-26(32-27)22-10-7-11-24-21(22)12-14-30-24/h4-12,14,19,30H,13,15-18H2,1-3H3. The lowest BCUT2D eigenvalue weighted by Gasteiger charge is -2.45. The Hall–Kier alpha value is -3.71. The van der Waals surface area contributed by atoms with Crippen LogP contribution in [-0.2, 0) is 16.7 Å². The van der Waals surface area contributed by atoms with Crippen molar-refractivity contribution >= 4 is 22.6 Å². The van der Waals surface area contributed by atoms with Crippen LogP contribution in [0.1, 0.15) is 42.4 Å². The predicted octanol–water partition coefficient (Wildman–Crippen LogP) is 4.78. The fraction of sp³-hybridized carbons (Fsp3) is 0.345. The maximum absolute atomic E-state index is 13.6. The van der Waals surface area contributed by atoms with E-state index in [1.165, 1.54) is 0 Å². The van der Waals surface area contributed by atoms with E-state index in [9.17, 15) is 4.79 Å². The minimum absolute atomic E-state index is 0.0282. The summed E-state index contributed by atoms with van der Waals surface area (Å²) in [5.41, 5.74) is 4.19. The third-order valence-corrected chi connectivity index (χ3v) is 7.57. The van der Waals surface area contributed by atoms with Gasteiger partial charge in [0, 0.05) is 46.9 Å². The molecule has 1 unspecified atom stereocenters. The predicted molar refractivity (Wildman–Crippen MR) is 141 cm³/mol. The van der Waals surface area contributed by atoms with Crippen molar-refractivity contribution in [2.24, 2.45) is 0 Å². The molecule has 0 spiro atoms. The molecule has 2 aromatic carbocycles. The number of aromatic amines is 1. The van der Waals surface area contributed by atoms with Crippen molar-refractivity contribution in [3.63, 3.8) is 0 Å². The highest BCUT2D eigenvalue weighted by Crippen LogP contribution is 2.41. The number of ether oxygens (including phenoxy) is 1. The van der Waals surface area contributed by atoms with Gasteiger partial charge in [-0.1, -0.05) is 30.3 Å². The minimum atomic E-state index is -0.603. The van der Waals surface area contributed by atoms with Gasteiger partial charge in [0.25, 0.3) is 5.91 Å². The van der Waals surface area contributed by atoms with Crippen LogP contribution in [0.25, 0.3) is 22.3 Å². The highest BCUT2D eigenvalue weighted by Gasteiger charge is 2.42. The van der Waals surface area contributed by atoms with E-state index in [4.69, 9.17) is 14.7 Å². The highest BCUT2D eigenvalue weighted by molar-refractivity contribution is 5.95. The highest BCUT2D eigenvalue weighted by atomic mass is 16.5. The molecular weight excluding hydrogens is 450 g/mol. The number of benzene rings is 2. The summed E-state index contributed by atoms with van der Waals surface area (Å²) in [5, 5.41) is 1.09. The van der Waals surface area contributed by atoms with E-state index in [-0.39, 0.29) is 11.9 Å². The molecule has 2 aromatic heterocycles. The zero-order valence-corrected chi connectivity index (χ0v) is 21.0. The van der Waals surface area contributed by atoms with E-state index in [0.717, 1.165) is 40.1 Å². The quantitative estimate of drug-likeness (QED) is 0.456. The molecule has 0 saturated carbocycles. The number of carbonyl (C=O) groups is 1. The summed E-state index contributed by atoms with van der Waals surface area (Å²) in [7, 11) is 0. The van der Waals surface area contributed by atoms with Crippen molar-refractivity contribution in [1.82, 2.24) is 19.9 Å². The van der Waals surface area contributed by atoms with Gasteiger partial charge < -0.3 is 19.5 Å². The summed E-state index contributed by atoms with van der Waals surface area (Å²) >= 11 is 0. The molecule has 1 amide bonds. The number of hydrogen-bond acceptors (Lipinski definition) is 5. The minimum Gasteiger partial charge on any atom is -0.377 e. The van der Waals surface area contributed by atoms with Crippen LogP contribution in [0.2, 0.25) is 0 Å². The second-order valence-corrected chi connectivity index (χ2v) is 10.2. The smallest absolute Gasteiger partial charge is 0.254 e. The molecule has 6 rings (SSSR count). The van der Waals surface area contributed by atoms with E-state index >= 15 is 0 Å². The van der Waals surface area contributed by atoms with E-state index < -0.39 is 5.54 Å². The number of rotatable bonds is 3. The molecule has 2 aliphatic rings. The fourth-order valence-electron chi connectivity index (χ4n) is 5.61. The summed E-state index contributed by atoms with van der Waals surface area (Å²) in [4.78, 5) is 31.6. The molecule has 184 valence electrons. The van der Waals surface area contributed by atoms with Crippen molar-refractivity contribution in [3.8, 4) is 11.4 Å². The molecule has 4 aromatic rings. The Morgan fingerprint density at radius 1 is 1.06 bits per heavy atom. The number of hydrogen-bond donors (Lipinski definition) is 1. The van der Waals surface area contributed by atoms with E-state index in [1.807, 2.05) is 47.5 Å². The van der Waals surface area contributed by atoms with Crippen LogP contribution in [0.15, 0.2) is 60.8 Å². The lowest BCUT2D eigenvalue weighted by atomic mass is 9.86. The molecule has 1 atom stereocenters. The fourth-order valence-corrected chi connectivity index (χ4v) is 5.61. The van der Waals surface area contributed by atoms with Gasteiger partial charge in [-0.2, -0.15) is 0 Å². The van der Waals surface area contributed by atoms with Gasteiger partial charge in [-0.15, -0.1) is 0 Å². The second kappa shape index (κ2) is 8.75. The summed E-state index contributed by atoms with van der Waals surface area (Å²) in [5.74, 6) is 1.69. The molecule has 7 nitrogen and oxygen atoms in total. The van der Waals surface area contributed by atoms with Crippen molar-refractivity contribution in [1.29, 1.82) is 0 Å². The normalized spacial score (nSPS) is 19.4. The summed E-state index contributed by atoms with van der Waals surface area (Å²) in [6.45, 7) is 9.13. The Labute approximate surface area is 211 Å². The Kier molecular flexibility index (Phi) is 5.52. The molecular formula is C29H31N5O2. The Bertz CT molecular complexity index is 1430. The lowest BCUT2D eigenvalue weighted by molar-refractivity contribution is 0.0501. The first-order valence-electron chi connectivity index (χ1n) is 12.6. The molecule has 0 radical (unpaired) electrons. The van der Waals surface area contributed by atoms with Crippen molar-refractivity contribution < 1.29 is 9.53 Å². The van der Waals surface area contributed by atoms with Crippen LogP contribution in [0.5, 0.6) is 0 Å². The Morgan fingerprint density at radius 2 is 1.89 bits per heavy atom. The SMILES string of the molecule is CC1COCCN1c1nc(-c2cccc3[nH]ccc23)nc2c1CCN(C(=O)c1ccccc1)C2(C)C. The van der Waals surface area contributed by atoms with Gasteiger partial charge in [0.1, 0.15) is 5.82 Å². The third-order valence-electron chi connectivity index (χ3n) is 7.57. The average Bonchev–Trinajstić information content (AvgIpc) is 3.38. The first-order valence-corrected chi connectivity index (χ1v) is 12.6. The number of morpholine rings is 1. The van der Waals surface area contributed by atoms with Gasteiger partial charge in [-0.05, 0) is 51.5 Å². The summed E-state index contributed by atoms with van der Waals surface area (Å²) < 4.78 is 5.74. The molecule has 0 bridgehead atoms. The van der Waals surface area contributed by atoms with Gasteiger partial charge in [0.15, 0.2) is 5.82 Å². The molecule has 4 heterocycles. The van der Waals surface area contributed by atoms with Gasteiger partial charge in [0.05, 0.1) is 30.5 Å². The monoisotopic (exact) mass is 481 g/mol. The number of carbonyl (C=O) groups excluding carboxylic acids is 1. The molecule has 1 saturated heterocycles. The third kappa shape index (κ3) is 3.66. The van der Waals surface area contributed by atoms with Gasteiger partial charge in [-0.25, -0.2) is 9.97 Å². The molecule has 0 aliphatic carbocycles. The van der Waals surface area contributed by atoms with Crippen molar-refractivity contribution in [2.45, 2.75) is 38.8 Å². The van der Waals surface area contributed by atoms with Gasteiger partial charge in [0.2, 0.25) is 0 Å². The lowest BCUT2D eigenvalue weighted by Crippen LogP contribution is -2.52. The molecule has 2 aliphatic heterocycles. The summed E-state index contributed by atoms with van der Waals surface area (Å²) in [6, 6.07) is 18.0. The number of aromatic nitrogens is 3. The number of fused-ring (bicyclic) bond motifs is 2. The van der Waals surface area contributed by atoms with E-state index in [1.54, 1.807) is 0 Å². The van der Waals surface area contributed by atoms with E-state index in [0.29, 0.717) is 37.6 Å². The van der Waals surface area contributed by atoms with Crippen LogP contribution in [0, 0.1) is 0 Å². The maximum atomic E-state index is 13.6. The molecule has 1 fully saturated rings. The largest absolute Gasteiger partial charge is 0.377 e. The molecule has 36 heavy (non-hydrogen) atoms. The van der Waals surface area contributed by atoms with Crippen LogP contribution in [0.4, 0.5) is 5.82 Å². The van der Waals surface area contributed by atoms with Crippen LogP contribution in [0.3, 0.4) is 0 Å². The molecule has 1 N–H and O–H groups in total. The number of anilines is 1. The van der Waals surface area contributed by atoms with Crippen LogP contribution < -0.4 is 4.90 Å². The number of amides is 1. The molecule has 7 heteroatoms. The Morgan fingerprint density at radius 3 is 2.69 bits per heavy atom. The van der Waals surface area contributed by atoms with Gasteiger partial charge in [-0.3, -0.25) is 4.79 Å². The topological polar surface area (TPSA) is 74.3 Å². The zero-order chi connectivity index (χ0) is 24.9. The van der Waals surface area contributed by atoms with Crippen LogP contribution in [-0.4, -0.2) is 58.1 Å². The second-order valence-electron chi connectivity index (χ2n) is 10.2. The van der Waals surface area contributed by atoms with E-state index in [2.05, 4.69) is 48.9 Å². The maximum Gasteiger partial charge on any atom is 0.254 e. The van der Waals surface area contributed by atoms with Gasteiger partial charge >= 0.3 is 0 Å². The number of nitrogens with zero attached hydrogens (tertiary/aromatic N) is 4. The first kappa shape index (κ1) is 22.7. The Balaban J connectivity index is 1.53. The number of H-pyrrole nitrogens is 1. The van der Waals surface area contributed by atoms with Crippen molar-refractivity contribution in [2.75, 3.05) is 31.2 Å². The van der Waals surface area contributed by atoms with Crippen molar-refractivity contribution in [3.05, 3.63) is 77.6 Å². The average molecular weight is 482 g/mol. The zero-order valence-electron chi connectivity index (χ0n) is 21.0. The first-order chi connectivity index (χ1) is 17.4.